The zero-order valence-corrected chi connectivity index (χ0v) is 19.4. The fourth-order valence-corrected chi connectivity index (χ4v) is 4.06. The summed E-state index contributed by atoms with van der Waals surface area (Å²) in [6, 6.07) is 7.69. The van der Waals surface area contributed by atoms with Crippen LogP contribution in [-0.4, -0.2) is 47.9 Å². The molecule has 0 unspecified atom stereocenters. The molecule has 0 aromatic heterocycles. The van der Waals surface area contributed by atoms with Crippen LogP contribution in [0, 0.1) is 23.7 Å². The maximum Gasteiger partial charge on any atom is 0.305 e. The normalized spacial score (nSPS) is 22.0. The second-order valence-electron chi connectivity index (χ2n) is 8.79. The maximum absolute atomic E-state index is 12.4. The van der Waals surface area contributed by atoms with E-state index in [0.717, 1.165) is 37.0 Å². The number of carbonyl (C=O) groups is 2. The molecule has 1 aliphatic carbocycles. The minimum atomic E-state index is -1.20. The van der Waals surface area contributed by atoms with Crippen LogP contribution in [0.3, 0.4) is 0 Å². The summed E-state index contributed by atoms with van der Waals surface area (Å²) in [5.74, 6) is 5.85. The van der Waals surface area contributed by atoms with Crippen LogP contribution in [0.2, 0.25) is 0 Å². The van der Waals surface area contributed by atoms with Gasteiger partial charge in [-0.25, -0.2) is 0 Å². The molecule has 0 radical (unpaired) electrons. The Morgan fingerprint density at radius 1 is 1.16 bits per heavy atom. The first-order chi connectivity index (χ1) is 15.3. The van der Waals surface area contributed by atoms with Gasteiger partial charge in [0.05, 0.1) is 26.2 Å². The Labute approximate surface area is 191 Å². The highest BCUT2D eigenvalue weighted by molar-refractivity contribution is 5.85. The average Bonchev–Trinajstić information content (AvgIpc) is 3.05. The summed E-state index contributed by atoms with van der Waals surface area (Å²) in [4.78, 5) is 23.5. The van der Waals surface area contributed by atoms with Crippen LogP contribution < -0.4 is 4.74 Å². The van der Waals surface area contributed by atoms with Gasteiger partial charge < -0.3 is 19.7 Å². The maximum atomic E-state index is 12.4. The molecule has 0 heterocycles. The molecule has 0 spiro atoms. The number of Topliss-reactive ketones (excluding diaryl/α,β-unsaturated/α-hetero) is 1. The zero-order valence-electron chi connectivity index (χ0n) is 19.4. The Kier molecular flexibility index (Phi) is 10.2. The number of aryl methyl sites for hydroxylation is 1. The van der Waals surface area contributed by atoms with E-state index in [9.17, 15) is 19.8 Å². The van der Waals surface area contributed by atoms with Crippen molar-refractivity contribution in [3.05, 3.63) is 29.8 Å². The number of hydrogen-bond donors (Lipinski definition) is 2. The number of rotatable bonds is 11. The monoisotopic (exact) mass is 444 g/mol. The third-order valence-electron chi connectivity index (χ3n) is 6.11. The number of hydrogen-bond acceptors (Lipinski definition) is 6. The molecule has 1 aromatic rings. The van der Waals surface area contributed by atoms with Gasteiger partial charge in [0.2, 0.25) is 0 Å². The molecule has 1 saturated carbocycles. The van der Waals surface area contributed by atoms with Gasteiger partial charge in [-0.3, -0.25) is 9.59 Å². The quantitative estimate of drug-likeness (QED) is 0.308. The molecule has 2 rings (SSSR count). The van der Waals surface area contributed by atoms with Crippen molar-refractivity contribution in [3.63, 3.8) is 0 Å². The SMILES string of the molecule is COC(=O)CCCCCC[C@H]1C(=O)C[C@H](O)[C@@H]1C#C[C@](C)(O)CCc1ccc(OC)cc1. The van der Waals surface area contributed by atoms with Gasteiger partial charge in [-0.05, 0) is 50.3 Å². The molecule has 1 aromatic carbocycles. The van der Waals surface area contributed by atoms with Gasteiger partial charge in [0.15, 0.2) is 0 Å². The van der Waals surface area contributed by atoms with Crippen LogP contribution in [0.4, 0.5) is 0 Å². The van der Waals surface area contributed by atoms with Crippen molar-refractivity contribution in [2.45, 2.75) is 76.4 Å². The van der Waals surface area contributed by atoms with Crippen molar-refractivity contribution < 1.29 is 29.3 Å². The van der Waals surface area contributed by atoms with E-state index in [1.807, 2.05) is 24.3 Å². The molecule has 4 atom stereocenters. The topological polar surface area (TPSA) is 93.1 Å². The van der Waals surface area contributed by atoms with Crippen molar-refractivity contribution in [3.8, 4) is 17.6 Å². The number of ketones is 1. The Bertz CT molecular complexity index is 802. The second kappa shape index (κ2) is 12.6. The molecule has 6 nitrogen and oxygen atoms in total. The smallest absolute Gasteiger partial charge is 0.305 e. The lowest BCUT2D eigenvalue weighted by atomic mass is 9.88. The van der Waals surface area contributed by atoms with Crippen molar-refractivity contribution >= 4 is 11.8 Å². The van der Waals surface area contributed by atoms with E-state index in [-0.39, 0.29) is 24.1 Å². The molecule has 0 saturated heterocycles. The highest BCUT2D eigenvalue weighted by atomic mass is 16.5. The fourth-order valence-electron chi connectivity index (χ4n) is 4.06. The third-order valence-corrected chi connectivity index (χ3v) is 6.11. The molecular weight excluding hydrogens is 408 g/mol. The van der Waals surface area contributed by atoms with Gasteiger partial charge >= 0.3 is 5.97 Å². The van der Waals surface area contributed by atoms with Gasteiger partial charge in [0.25, 0.3) is 0 Å². The summed E-state index contributed by atoms with van der Waals surface area (Å²) < 4.78 is 9.79. The number of esters is 1. The summed E-state index contributed by atoms with van der Waals surface area (Å²) in [6.45, 7) is 1.67. The van der Waals surface area contributed by atoms with Gasteiger partial charge in [-0.15, -0.1) is 0 Å². The predicted octanol–water partition coefficient (Wildman–Crippen LogP) is 3.46. The minimum Gasteiger partial charge on any atom is -0.497 e. The van der Waals surface area contributed by atoms with E-state index in [1.54, 1.807) is 14.0 Å². The summed E-state index contributed by atoms with van der Waals surface area (Å²) in [6.07, 6.45) is 4.97. The Hall–Kier alpha value is -2.36. The van der Waals surface area contributed by atoms with Gasteiger partial charge in [0.1, 0.15) is 17.1 Å². The molecule has 0 bridgehead atoms. The lowest BCUT2D eigenvalue weighted by Crippen LogP contribution is -2.25. The van der Waals surface area contributed by atoms with E-state index in [0.29, 0.717) is 25.7 Å². The fraction of sp³-hybridized carbons (Fsp3) is 0.615. The number of aliphatic hydroxyl groups excluding tert-OH is 1. The highest BCUT2D eigenvalue weighted by Crippen LogP contribution is 2.33. The summed E-state index contributed by atoms with van der Waals surface area (Å²) in [5.41, 5.74) is -0.127. The average molecular weight is 445 g/mol. The van der Waals surface area contributed by atoms with E-state index < -0.39 is 17.6 Å². The number of methoxy groups -OCH3 is 2. The van der Waals surface area contributed by atoms with Gasteiger partial charge in [-0.2, -0.15) is 0 Å². The second-order valence-corrected chi connectivity index (χ2v) is 8.79. The minimum absolute atomic E-state index is 0.0456. The van der Waals surface area contributed by atoms with Crippen LogP contribution in [0.5, 0.6) is 5.75 Å². The number of ether oxygens (including phenoxy) is 2. The molecule has 1 fully saturated rings. The summed E-state index contributed by atoms with van der Waals surface area (Å²) in [5, 5.41) is 21.1. The van der Waals surface area contributed by atoms with Crippen LogP contribution in [0.15, 0.2) is 24.3 Å². The Morgan fingerprint density at radius 3 is 2.50 bits per heavy atom. The molecule has 1 aliphatic rings. The number of unbranched alkanes of at least 4 members (excludes halogenated alkanes) is 3. The van der Waals surface area contributed by atoms with Crippen LogP contribution in [0.25, 0.3) is 0 Å². The largest absolute Gasteiger partial charge is 0.497 e. The molecule has 2 N–H and O–H groups in total. The third kappa shape index (κ3) is 8.29. The van der Waals surface area contributed by atoms with E-state index >= 15 is 0 Å². The lowest BCUT2D eigenvalue weighted by molar-refractivity contribution is -0.140. The number of benzene rings is 1. The Morgan fingerprint density at radius 2 is 1.84 bits per heavy atom. The van der Waals surface area contributed by atoms with Crippen LogP contribution >= 0.6 is 0 Å². The highest BCUT2D eigenvalue weighted by Gasteiger charge is 2.40. The Balaban J connectivity index is 1.86. The zero-order chi connectivity index (χ0) is 23.6. The van der Waals surface area contributed by atoms with Gasteiger partial charge in [0, 0.05) is 18.8 Å². The van der Waals surface area contributed by atoms with Crippen LogP contribution in [-0.2, 0) is 20.7 Å². The van der Waals surface area contributed by atoms with E-state index in [1.165, 1.54) is 7.11 Å². The first-order valence-corrected chi connectivity index (χ1v) is 11.4. The summed E-state index contributed by atoms with van der Waals surface area (Å²) in [7, 11) is 3.01. The van der Waals surface area contributed by atoms with Crippen molar-refractivity contribution in [1.29, 1.82) is 0 Å². The predicted molar refractivity (Wildman–Crippen MR) is 122 cm³/mol. The van der Waals surface area contributed by atoms with Crippen LogP contribution in [0.1, 0.15) is 63.9 Å². The first kappa shape index (κ1) is 25.9. The number of carbonyl (C=O) groups excluding carboxylic acids is 2. The lowest BCUT2D eigenvalue weighted by Gasteiger charge is -2.19. The molecule has 176 valence electrons. The standard InChI is InChI=1S/C26H36O6/c1-26(30,16-14-19-10-12-20(31-2)13-11-19)17-15-22-21(23(27)18-24(22)28)8-6-4-5-7-9-25(29)32-3/h10-13,21-22,24,28,30H,4-9,14,16,18H2,1-3H3/t21-,22-,24+,26-/m1/s1. The first-order valence-electron chi connectivity index (χ1n) is 11.4. The van der Waals surface area contributed by atoms with Crippen molar-refractivity contribution in [2.24, 2.45) is 11.8 Å². The van der Waals surface area contributed by atoms with Crippen molar-refractivity contribution in [2.75, 3.05) is 14.2 Å². The molecule has 6 heteroatoms. The molecule has 0 aliphatic heterocycles. The molecular formula is C26H36O6. The molecule has 0 amide bonds. The number of aliphatic hydroxyl groups is 2. The van der Waals surface area contributed by atoms with Gasteiger partial charge in [-0.1, -0.05) is 43.2 Å². The van der Waals surface area contributed by atoms with E-state index in [4.69, 9.17) is 4.74 Å². The van der Waals surface area contributed by atoms with E-state index in [2.05, 4.69) is 16.6 Å². The molecule has 32 heavy (non-hydrogen) atoms. The van der Waals surface area contributed by atoms with Crippen molar-refractivity contribution in [1.82, 2.24) is 0 Å². The summed E-state index contributed by atoms with van der Waals surface area (Å²) >= 11 is 0.